The second-order valence-corrected chi connectivity index (χ2v) is 5.15. The Hall–Kier alpha value is -1.37. The van der Waals surface area contributed by atoms with E-state index in [4.69, 9.17) is 5.26 Å². The molecule has 0 aliphatic heterocycles. The molecule has 2 rings (SSSR count). The third-order valence-corrected chi connectivity index (χ3v) is 3.75. The largest absolute Gasteiger partial charge is 0.391 e. The van der Waals surface area contributed by atoms with Gasteiger partial charge in [0.1, 0.15) is 0 Å². The highest BCUT2D eigenvalue weighted by molar-refractivity contribution is 5.32. The monoisotopic (exact) mass is 244 g/mol. The summed E-state index contributed by atoms with van der Waals surface area (Å²) < 4.78 is 0. The summed E-state index contributed by atoms with van der Waals surface area (Å²) >= 11 is 0. The number of aliphatic hydroxyl groups excluding tert-OH is 1. The maximum absolute atomic E-state index is 10.0. The van der Waals surface area contributed by atoms with Gasteiger partial charge < -0.3 is 5.11 Å². The van der Waals surface area contributed by atoms with Crippen LogP contribution in [0.2, 0.25) is 0 Å². The zero-order valence-electron chi connectivity index (χ0n) is 10.8. The molecule has 0 spiro atoms. The van der Waals surface area contributed by atoms with E-state index in [2.05, 4.69) is 18.0 Å². The van der Waals surface area contributed by atoms with Gasteiger partial charge in [0, 0.05) is 12.6 Å². The molecule has 0 aromatic heterocycles. The standard InChI is InChI=1S/C15H20N2O/c1-17(14-7-2-3-8-15(14)18)11-13-6-4-5-12(9-13)10-16/h4-6,9,14-15,18H,2-3,7-8,11H2,1H3/t14-,15-/m1/s1. The van der Waals surface area contributed by atoms with E-state index in [0.29, 0.717) is 5.56 Å². The van der Waals surface area contributed by atoms with Crippen molar-refractivity contribution < 1.29 is 5.11 Å². The van der Waals surface area contributed by atoms with Crippen molar-refractivity contribution in [3.63, 3.8) is 0 Å². The number of rotatable bonds is 3. The fourth-order valence-corrected chi connectivity index (χ4v) is 2.75. The summed E-state index contributed by atoms with van der Waals surface area (Å²) in [5.41, 5.74) is 1.83. The molecule has 0 radical (unpaired) electrons. The van der Waals surface area contributed by atoms with E-state index in [1.807, 2.05) is 24.3 Å². The van der Waals surface area contributed by atoms with E-state index in [1.54, 1.807) is 0 Å². The van der Waals surface area contributed by atoms with Crippen LogP contribution in [-0.4, -0.2) is 29.2 Å². The van der Waals surface area contributed by atoms with Crippen LogP contribution in [0.25, 0.3) is 0 Å². The quantitative estimate of drug-likeness (QED) is 0.887. The van der Waals surface area contributed by atoms with E-state index in [-0.39, 0.29) is 12.1 Å². The molecule has 1 aliphatic carbocycles. The molecule has 0 bridgehead atoms. The van der Waals surface area contributed by atoms with E-state index in [1.165, 1.54) is 6.42 Å². The van der Waals surface area contributed by atoms with Crippen molar-refractivity contribution >= 4 is 0 Å². The van der Waals surface area contributed by atoms with Crippen LogP contribution < -0.4 is 0 Å². The lowest BCUT2D eigenvalue weighted by molar-refractivity contribution is 0.0288. The highest BCUT2D eigenvalue weighted by atomic mass is 16.3. The van der Waals surface area contributed by atoms with Crippen LogP contribution in [-0.2, 0) is 6.54 Å². The first kappa shape index (κ1) is 13.1. The summed E-state index contributed by atoms with van der Waals surface area (Å²) in [6.07, 6.45) is 4.10. The highest BCUT2D eigenvalue weighted by Crippen LogP contribution is 2.23. The third-order valence-electron chi connectivity index (χ3n) is 3.75. The Balaban J connectivity index is 2.01. The number of hydrogen-bond donors (Lipinski definition) is 1. The van der Waals surface area contributed by atoms with E-state index >= 15 is 0 Å². The van der Waals surface area contributed by atoms with Crippen LogP contribution in [0.3, 0.4) is 0 Å². The zero-order valence-corrected chi connectivity index (χ0v) is 10.8. The molecule has 1 N–H and O–H groups in total. The summed E-state index contributed by atoms with van der Waals surface area (Å²) in [5.74, 6) is 0. The predicted octanol–water partition coefficient (Wildman–Crippen LogP) is 2.29. The van der Waals surface area contributed by atoms with Gasteiger partial charge in [-0.2, -0.15) is 5.26 Å². The molecule has 96 valence electrons. The summed E-state index contributed by atoms with van der Waals surface area (Å²) in [4.78, 5) is 2.21. The number of nitriles is 1. The van der Waals surface area contributed by atoms with E-state index < -0.39 is 0 Å². The normalized spacial score (nSPS) is 23.9. The Morgan fingerprint density at radius 1 is 1.39 bits per heavy atom. The van der Waals surface area contributed by atoms with Gasteiger partial charge in [0.05, 0.1) is 17.7 Å². The first-order valence-corrected chi connectivity index (χ1v) is 6.58. The summed E-state index contributed by atoms with van der Waals surface area (Å²) in [6.45, 7) is 0.789. The van der Waals surface area contributed by atoms with E-state index in [9.17, 15) is 5.11 Å². The second-order valence-electron chi connectivity index (χ2n) is 5.15. The Labute approximate surface area is 109 Å². The van der Waals surface area contributed by atoms with Gasteiger partial charge in [-0.1, -0.05) is 25.0 Å². The summed E-state index contributed by atoms with van der Waals surface area (Å²) in [7, 11) is 2.05. The Bertz CT molecular complexity index is 438. The van der Waals surface area contributed by atoms with Crippen LogP contribution in [0.15, 0.2) is 24.3 Å². The minimum absolute atomic E-state index is 0.206. The minimum atomic E-state index is -0.206. The molecule has 0 heterocycles. The van der Waals surface area contributed by atoms with Crippen molar-refractivity contribution in [1.82, 2.24) is 4.90 Å². The molecule has 2 atom stereocenters. The van der Waals surface area contributed by atoms with Crippen molar-refractivity contribution in [2.45, 2.75) is 44.4 Å². The lowest BCUT2D eigenvalue weighted by atomic mass is 9.91. The first-order chi connectivity index (χ1) is 8.70. The van der Waals surface area contributed by atoms with Gasteiger partial charge in [0.2, 0.25) is 0 Å². The average Bonchev–Trinajstić information content (AvgIpc) is 2.39. The molecule has 3 heteroatoms. The lowest BCUT2D eigenvalue weighted by Gasteiger charge is -2.35. The molecular formula is C15H20N2O. The molecular weight excluding hydrogens is 224 g/mol. The summed E-state index contributed by atoms with van der Waals surface area (Å²) in [6, 6.07) is 10.1. The molecule has 18 heavy (non-hydrogen) atoms. The predicted molar refractivity (Wildman–Crippen MR) is 70.9 cm³/mol. The van der Waals surface area contributed by atoms with Gasteiger partial charge in [0.25, 0.3) is 0 Å². The Kier molecular flexibility index (Phi) is 4.35. The van der Waals surface area contributed by atoms with Crippen molar-refractivity contribution in [2.24, 2.45) is 0 Å². The second kappa shape index (κ2) is 5.99. The van der Waals surface area contributed by atoms with Gasteiger partial charge in [0.15, 0.2) is 0 Å². The van der Waals surface area contributed by atoms with Crippen LogP contribution in [0.5, 0.6) is 0 Å². The van der Waals surface area contributed by atoms with E-state index in [0.717, 1.165) is 31.4 Å². The highest BCUT2D eigenvalue weighted by Gasteiger charge is 2.26. The molecule has 1 fully saturated rings. The molecule has 1 saturated carbocycles. The van der Waals surface area contributed by atoms with Crippen molar-refractivity contribution in [1.29, 1.82) is 5.26 Å². The average molecular weight is 244 g/mol. The number of hydrogen-bond acceptors (Lipinski definition) is 3. The van der Waals surface area contributed by atoms with Gasteiger partial charge >= 0.3 is 0 Å². The zero-order chi connectivity index (χ0) is 13.0. The molecule has 1 aromatic carbocycles. The fourth-order valence-electron chi connectivity index (χ4n) is 2.75. The minimum Gasteiger partial charge on any atom is -0.391 e. The number of benzene rings is 1. The van der Waals surface area contributed by atoms with Gasteiger partial charge in [-0.05, 0) is 37.6 Å². The molecule has 0 unspecified atom stereocenters. The van der Waals surface area contributed by atoms with Gasteiger partial charge in [-0.25, -0.2) is 0 Å². The van der Waals surface area contributed by atoms with Crippen LogP contribution in [0.4, 0.5) is 0 Å². The number of likely N-dealkylation sites (N-methyl/N-ethyl adjacent to an activating group) is 1. The lowest BCUT2D eigenvalue weighted by Crippen LogP contribution is -2.42. The van der Waals surface area contributed by atoms with Crippen molar-refractivity contribution in [3.8, 4) is 6.07 Å². The molecule has 0 amide bonds. The Morgan fingerprint density at radius 3 is 2.89 bits per heavy atom. The van der Waals surface area contributed by atoms with Gasteiger partial charge in [-0.15, -0.1) is 0 Å². The van der Waals surface area contributed by atoms with Crippen LogP contribution >= 0.6 is 0 Å². The molecule has 0 saturated heterocycles. The van der Waals surface area contributed by atoms with Gasteiger partial charge in [-0.3, -0.25) is 4.90 Å². The fraction of sp³-hybridized carbons (Fsp3) is 0.533. The first-order valence-electron chi connectivity index (χ1n) is 6.58. The van der Waals surface area contributed by atoms with Crippen molar-refractivity contribution in [3.05, 3.63) is 35.4 Å². The number of aliphatic hydroxyl groups is 1. The van der Waals surface area contributed by atoms with Crippen molar-refractivity contribution in [2.75, 3.05) is 7.05 Å². The molecule has 1 aliphatic rings. The SMILES string of the molecule is CN(Cc1cccc(C#N)c1)[C@@H]1CCCC[C@H]1O. The third kappa shape index (κ3) is 3.10. The number of nitrogens with zero attached hydrogens (tertiary/aromatic N) is 2. The molecule has 1 aromatic rings. The van der Waals surface area contributed by atoms with Crippen LogP contribution in [0, 0.1) is 11.3 Å². The maximum atomic E-state index is 10.0. The smallest absolute Gasteiger partial charge is 0.0991 e. The van der Waals surface area contributed by atoms with Crippen LogP contribution in [0.1, 0.15) is 36.8 Å². The molecule has 3 nitrogen and oxygen atoms in total. The Morgan fingerprint density at radius 2 is 2.17 bits per heavy atom. The summed E-state index contributed by atoms with van der Waals surface area (Å²) in [5, 5.41) is 18.9. The topological polar surface area (TPSA) is 47.3 Å². The maximum Gasteiger partial charge on any atom is 0.0991 e.